The molecule has 0 fully saturated rings. The van der Waals surface area contributed by atoms with Crippen LogP contribution in [-0.2, 0) is 0 Å². The van der Waals surface area contributed by atoms with Crippen LogP contribution < -0.4 is 5.73 Å². The van der Waals surface area contributed by atoms with Crippen molar-refractivity contribution in [3.8, 4) is 0 Å². The lowest BCUT2D eigenvalue weighted by atomic mass is 10.1. The number of rotatable bonds is 3. The van der Waals surface area contributed by atoms with Crippen LogP contribution in [0.1, 0.15) is 13.8 Å². The Bertz CT molecular complexity index is 241. The van der Waals surface area contributed by atoms with Crippen molar-refractivity contribution in [2.45, 2.75) is 13.8 Å². The van der Waals surface area contributed by atoms with Crippen LogP contribution in [0.15, 0.2) is 41.1 Å². The molecule has 0 aliphatic carbocycles. The van der Waals surface area contributed by atoms with Crippen molar-refractivity contribution in [1.29, 1.82) is 0 Å². The molecule has 0 amide bonds. The van der Waals surface area contributed by atoms with Gasteiger partial charge in [-0.25, -0.2) is 0 Å². The highest BCUT2D eigenvalue weighted by Crippen LogP contribution is 2.05. The van der Waals surface area contributed by atoms with Crippen molar-refractivity contribution < 1.29 is 0 Å². The summed E-state index contributed by atoms with van der Waals surface area (Å²) in [6.45, 7) is 7.46. The van der Waals surface area contributed by atoms with Gasteiger partial charge in [-0.05, 0) is 19.9 Å². The molecule has 2 heteroatoms. The lowest BCUT2D eigenvalue weighted by Crippen LogP contribution is -2.05. The summed E-state index contributed by atoms with van der Waals surface area (Å²) in [5, 5.41) is 0. The maximum Gasteiger partial charge on any atom is 0.0654 e. The minimum absolute atomic E-state index is 0.758. The summed E-state index contributed by atoms with van der Waals surface area (Å²) >= 11 is 0. The highest BCUT2D eigenvalue weighted by Gasteiger charge is 2.00. The van der Waals surface area contributed by atoms with Gasteiger partial charge in [-0.1, -0.05) is 18.7 Å². The zero-order valence-electron chi connectivity index (χ0n) is 7.96. The van der Waals surface area contributed by atoms with Crippen LogP contribution in [0.5, 0.6) is 0 Å². The maximum atomic E-state index is 5.67. The van der Waals surface area contributed by atoms with Crippen LogP contribution in [-0.4, -0.2) is 12.8 Å². The number of nitrogens with two attached hydrogens (primary N) is 1. The SMILES string of the molecule is C=CC(=NC)C(/C=C\C)=C(C)N. The molecule has 0 aliphatic heterocycles. The predicted octanol–water partition coefficient (Wildman–Crippen LogP) is 2.05. The largest absolute Gasteiger partial charge is 0.402 e. The van der Waals surface area contributed by atoms with Gasteiger partial charge in [0.1, 0.15) is 0 Å². The molecule has 0 unspecified atom stereocenters. The highest BCUT2D eigenvalue weighted by molar-refractivity contribution is 6.10. The van der Waals surface area contributed by atoms with Crippen molar-refractivity contribution in [1.82, 2.24) is 0 Å². The normalized spacial score (nSPS) is 14.8. The van der Waals surface area contributed by atoms with E-state index in [1.54, 1.807) is 13.1 Å². The first kappa shape index (κ1) is 10.7. The zero-order valence-corrected chi connectivity index (χ0v) is 7.96. The monoisotopic (exact) mass is 164 g/mol. The summed E-state index contributed by atoms with van der Waals surface area (Å²) in [5.74, 6) is 0. The van der Waals surface area contributed by atoms with Crippen LogP contribution in [0.3, 0.4) is 0 Å². The summed E-state index contributed by atoms with van der Waals surface area (Å²) in [5.41, 5.74) is 8.20. The fourth-order valence-corrected chi connectivity index (χ4v) is 0.907. The van der Waals surface area contributed by atoms with Gasteiger partial charge in [0.15, 0.2) is 0 Å². The lowest BCUT2D eigenvalue weighted by Gasteiger charge is -2.03. The first-order valence-corrected chi connectivity index (χ1v) is 3.86. The fraction of sp³-hybridized carbons (Fsp3) is 0.300. The van der Waals surface area contributed by atoms with E-state index in [4.69, 9.17) is 5.73 Å². The van der Waals surface area contributed by atoms with Crippen molar-refractivity contribution in [2.24, 2.45) is 10.7 Å². The third-order valence-electron chi connectivity index (χ3n) is 1.47. The fourth-order valence-electron chi connectivity index (χ4n) is 0.907. The molecule has 0 atom stereocenters. The number of nitrogens with zero attached hydrogens (tertiary/aromatic N) is 1. The van der Waals surface area contributed by atoms with Gasteiger partial charge in [0, 0.05) is 18.3 Å². The average molecular weight is 164 g/mol. The number of aliphatic imine (C=N–C) groups is 1. The van der Waals surface area contributed by atoms with Crippen LogP contribution in [0.25, 0.3) is 0 Å². The Balaban J connectivity index is 5.01. The van der Waals surface area contributed by atoms with Crippen molar-refractivity contribution >= 4 is 5.71 Å². The Kier molecular flexibility index (Phi) is 4.77. The molecule has 0 spiro atoms. The minimum atomic E-state index is 0.758. The molecule has 0 aliphatic rings. The van der Waals surface area contributed by atoms with E-state index in [1.165, 1.54) is 0 Å². The average Bonchev–Trinajstić information content (AvgIpc) is 2.05. The lowest BCUT2D eigenvalue weighted by molar-refractivity contribution is 1.28. The third-order valence-corrected chi connectivity index (χ3v) is 1.47. The second-order valence-corrected chi connectivity index (χ2v) is 2.41. The third kappa shape index (κ3) is 2.74. The summed E-state index contributed by atoms with van der Waals surface area (Å²) in [4.78, 5) is 4.06. The van der Waals surface area contributed by atoms with Gasteiger partial charge in [-0.3, -0.25) is 4.99 Å². The molecule has 12 heavy (non-hydrogen) atoms. The van der Waals surface area contributed by atoms with E-state index in [2.05, 4.69) is 11.6 Å². The zero-order chi connectivity index (χ0) is 9.56. The van der Waals surface area contributed by atoms with E-state index in [9.17, 15) is 0 Å². The number of allylic oxidation sites excluding steroid dienone is 5. The van der Waals surface area contributed by atoms with E-state index < -0.39 is 0 Å². The Morgan fingerprint density at radius 3 is 2.33 bits per heavy atom. The summed E-state index contributed by atoms with van der Waals surface area (Å²) in [6, 6.07) is 0. The van der Waals surface area contributed by atoms with Crippen LogP contribution in [0.2, 0.25) is 0 Å². The molecule has 0 saturated heterocycles. The Morgan fingerprint density at radius 1 is 1.50 bits per heavy atom. The van der Waals surface area contributed by atoms with Crippen molar-refractivity contribution in [3.63, 3.8) is 0 Å². The Morgan fingerprint density at radius 2 is 2.08 bits per heavy atom. The smallest absolute Gasteiger partial charge is 0.0654 e. The standard InChI is InChI=1S/C10H16N2/c1-5-7-9(8(3)11)10(6-2)12-4/h5-7H,2,11H2,1,3-4H3/b7-5-,9-8?,12-10?. The van der Waals surface area contributed by atoms with E-state index >= 15 is 0 Å². The number of hydrogen-bond acceptors (Lipinski definition) is 2. The summed E-state index contributed by atoms with van der Waals surface area (Å²) in [7, 11) is 1.73. The topological polar surface area (TPSA) is 38.4 Å². The van der Waals surface area contributed by atoms with Gasteiger partial charge in [0.05, 0.1) is 5.71 Å². The second-order valence-electron chi connectivity index (χ2n) is 2.41. The van der Waals surface area contributed by atoms with Crippen molar-refractivity contribution in [3.05, 3.63) is 36.1 Å². The van der Waals surface area contributed by atoms with E-state index in [0.29, 0.717) is 0 Å². The Hall–Kier alpha value is -1.31. The molecule has 2 N–H and O–H groups in total. The van der Waals surface area contributed by atoms with E-state index in [0.717, 1.165) is 17.0 Å². The predicted molar refractivity (Wildman–Crippen MR) is 55.3 cm³/mol. The molecule has 0 bridgehead atoms. The molecule has 0 aromatic heterocycles. The van der Waals surface area contributed by atoms with Gasteiger partial charge >= 0.3 is 0 Å². The molecule has 0 aromatic rings. The first-order valence-electron chi connectivity index (χ1n) is 3.86. The van der Waals surface area contributed by atoms with Gasteiger partial charge in [0.2, 0.25) is 0 Å². The van der Waals surface area contributed by atoms with E-state index in [1.807, 2.05) is 26.0 Å². The highest BCUT2D eigenvalue weighted by atomic mass is 14.7. The van der Waals surface area contributed by atoms with Gasteiger partial charge in [-0.15, -0.1) is 0 Å². The minimum Gasteiger partial charge on any atom is -0.402 e. The molecular weight excluding hydrogens is 148 g/mol. The Labute approximate surface area is 74.2 Å². The van der Waals surface area contributed by atoms with Gasteiger partial charge in [-0.2, -0.15) is 0 Å². The summed E-state index contributed by atoms with van der Waals surface area (Å²) in [6.07, 6.45) is 5.56. The first-order chi connectivity index (χ1) is 5.67. The molecule has 2 nitrogen and oxygen atoms in total. The maximum absolute atomic E-state index is 5.67. The molecule has 0 radical (unpaired) electrons. The molecule has 66 valence electrons. The molecular formula is C10H16N2. The quantitative estimate of drug-likeness (QED) is 0.503. The molecule has 0 heterocycles. The van der Waals surface area contributed by atoms with Crippen LogP contribution >= 0.6 is 0 Å². The van der Waals surface area contributed by atoms with E-state index in [-0.39, 0.29) is 0 Å². The molecule has 0 saturated carbocycles. The van der Waals surface area contributed by atoms with Gasteiger partial charge < -0.3 is 5.73 Å². The van der Waals surface area contributed by atoms with Crippen molar-refractivity contribution in [2.75, 3.05) is 7.05 Å². The number of hydrogen-bond donors (Lipinski definition) is 1. The molecule has 0 aromatic carbocycles. The van der Waals surface area contributed by atoms with Gasteiger partial charge in [0.25, 0.3) is 0 Å². The summed E-state index contributed by atoms with van der Waals surface area (Å²) < 4.78 is 0. The van der Waals surface area contributed by atoms with Crippen LogP contribution in [0, 0.1) is 0 Å². The second kappa shape index (κ2) is 5.35. The van der Waals surface area contributed by atoms with Crippen LogP contribution in [0.4, 0.5) is 0 Å². The molecule has 0 rings (SSSR count).